The van der Waals surface area contributed by atoms with Gasteiger partial charge in [-0.3, -0.25) is 4.79 Å². The third kappa shape index (κ3) is 2.56. The highest BCUT2D eigenvalue weighted by Gasteiger charge is 2.09. The minimum absolute atomic E-state index is 0.643. The van der Waals surface area contributed by atoms with Gasteiger partial charge in [-0.05, 0) is 45.8 Å². The Morgan fingerprint density at radius 2 is 2.24 bits per heavy atom. The Morgan fingerprint density at radius 3 is 2.95 bits per heavy atom. The summed E-state index contributed by atoms with van der Waals surface area (Å²) in [5.41, 5.74) is 2.57. The van der Waals surface area contributed by atoms with Gasteiger partial charge in [0.2, 0.25) is 0 Å². The smallest absolute Gasteiger partial charge is 0.152 e. The van der Waals surface area contributed by atoms with Gasteiger partial charge in [0.05, 0.1) is 11.6 Å². The number of halogens is 1. The number of rotatable bonds is 4. The molecule has 0 unspecified atom stereocenters. The summed E-state index contributed by atoms with van der Waals surface area (Å²) in [6.07, 6.45) is 4.44. The quantitative estimate of drug-likeness (QED) is 0.678. The van der Waals surface area contributed by atoms with E-state index in [1.807, 2.05) is 41.1 Å². The van der Waals surface area contributed by atoms with Crippen LogP contribution < -0.4 is 4.74 Å². The number of nitrogens with zero attached hydrogens (tertiary/aromatic N) is 2. The lowest BCUT2D eigenvalue weighted by Crippen LogP contribution is -1.99. The number of carbonyl (C=O) groups is 1. The summed E-state index contributed by atoms with van der Waals surface area (Å²) in [5, 5.41) is 0.875. The van der Waals surface area contributed by atoms with Crippen LogP contribution in [-0.2, 0) is 6.54 Å². The normalized spacial score (nSPS) is 10.8. The first-order chi connectivity index (χ1) is 10.2. The fourth-order valence-corrected chi connectivity index (χ4v) is 2.96. The molecular formula is C16H13BrN2O2. The molecule has 0 aliphatic carbocycles. The molecule has 1 aromatic carbocycles. The molecule has 2 aromatic heterocycles. The Bertz CT molecular complexity index is 811. The third-order valence-corrected chi connectivity index (χ3v) is 3.98. The standard InChI is InChI=1S/C16H13BrN2O2/c1-21-15-5-4-11(7-14(15)17)8-19-9-12(10-20)13-3-2-6-18-16(13)19/h2-7,9-10H,8H2,1H3. The van der Waals surface area contributed by atoms with Crippen LogP contribution in [0.25, 0.3) is 11.0 Å². The van der Waals surface area contributed by atoms with E-state index in [2.05, 4.69) is 20.9 Å². The first-order valence-electron chi connectivity index (χ1n) is 6.44. The summed E-state index contributed by atoms with van der Waals surface area (Å²) in [4.78, 5) is 15.5. The van der Waals surface area contributed by atoms with Crippen molar-refractivity contribution in [2.75, 3.05) is 7.11 Å². The van der Waals surface area contributed by atoms with Crippen molar-refractivity contribution in [1.29, 1.82) is 0 Å². The highest BCUT2D eigenvalue weighted by atomic mass is 79.9. The zero-order valence-corrected chi connectivity index (χ0v) is 13.0. The van der Waals surface area contributed by atoms with Crippen LogP contribution in [0, 0.1) is 0 Å². The molecular weight excluding hydrogens is 332 g/mol. The summed E-state index contributed by atoms with van der Waals surface area (Å²) < 4.78 is 8.11. The maximum atomic E-state index is 11.2. The first-order valence-corrected chi connectivity index (χ1v) is 7.23. The van der Waals surface area contributed by atoms with E-state index < -0.39 is 0 Å². The second-order valence-electron chi connectivity index (χ2n) is 4.67. The minimum Gasteiger partial charge on any atom is -0.496 e. The summed E-state index contributed by atoms with van der Waals surface area (Å²) in [5.74, 6) is 0.794. The molecule has 21 heavy (non-hydrogen) atoms. The number of pyridine rings is 1. The molecule has 0 bridgehead atoms. The van der Waals surface area contributed by atoms with Crippen molar-refractivity contribution in [3.05, 3.63) is 58.3 Å². The Hall–Kier alpha value is -2.14. The van der Waals surface area contributed by atoms with Crippen LogP contribution in [0.1, 0.15) is 15.9 Å². The van der Waals surface area contributed by atoms with Gasteiger partial charge >= 0.3 is 0 Å². The summed E-state index contributed by atoms with van der Waals surface area (Å²) in [6.45, 7) is 0.643. The van der Waals surface area contributed by atoms with E-state index in [0.29, 0.717) is 12.1 Å². The predicted octanol–water partition coefficient (Wildman–Crippen LogP) is 3.67. The highest BCUT2D eigenvalue weighted by molar-refractivity contribution is 9.10. The molecule has 0 atom stereocenters. The number of ether oxygens (including phenoxy) is 1. The number of methoxy groups -OCH3 is 1. The van der Waals surface area contributed by atoms with E-state index in [1.54, 1.807) is 13.3 Å². The average Bonchev–Trinajstić information content (AvgIpc) is 2.86. The number of fused-ring (bicyclic) bond motifs is 1. The van der Waals surface area contributed by atoms with Crippen molar-refractivity contribution in [3.63, 3.8) is 0 Å². The number of hydrogen-bond donors (Lipinski definition) is 0. The molecule has 0 spiro atoms. The van der Waals surface area contributed by atoms with Crippen molar-refractivity contribution in [2.24, 2.45) is 0 Å². The van der Waals surface area contributed by atoms with Crippen molar-refractivity contribution < 1.29 is 9.53 Å². The lowest BCUT2D eigenvalue weighted by molar-refractivity contribution is 0.112. The van der Waals surface area contributed by atoms with Gasteiger partial charge in [-0.15, -0.1) is 0 Å². The zero-order chi connectivity index (χ0) is 14.8. The molecule has 5 heteroatoms. The molecule has 0 fully saturated rings. The van der Waals surface area contributed by atoms with E-state index in [0.717, 1.165) is 33.1 Å². The summed E-state index contributed by atoms with van der Waals surface area (Å²) in [6, 6.07) is 9.67. The van der Waals surface area contributed by atoms with Crippen molar-refractivity contribution in [1.82, 2.24) is 9.55 Å². The number of hydrogen-bond acceptors (Lipinski definition) is 3. The summed E-state index contributed by atoms with van der Waals surface area (Å²) >= 11 is 3.48. The Balaban J connectivity index is 2.02. The molecule has 4 nitrogen and oxygen atoms in total. The number of aromatic nitrogens is 2. The molecule has 106 valence electrons. The molecule has 0 N–H and O–H groups in total. The Kier molecular flexibility index (Phi) is 3.75. The highest BCUT2D eigenvalue weighted by Crippen LogP contribution is 2.26. The maximum Gasteiger partial charge on any atom is 0.152 e. The van der Waals surface area contributed by atoms with E-state index >= 15 is 0 Å². The average molecular weight is 345 g/mol. The van der Waals surface area contributed by atoms with Crippen LogP contribution >= 0.6 is 15.9 Å². The van der Waals surface area contributed by atoms with Gasteiger partial charge in [-0.25, -0.2) is 4.98 Å². The van der Waals surface area contributed by atoms with Crippen LogP contribution in [0.15, 0.2) is 47.2 Å². The lowest BCUT2D eigenvalue weighted by atomic mass is 10.2. The van der Waals surface area contributed by atoms with Gasteiger partial charge in [0.1, 0.15) is 11.4 Å². The predicted molar refractivity (Wildman–Crippen MR) is 84.9 cm³/mol. The summed E-state index contributed by atoms with van der Waals surface area (Å²) in [7, 11) is 1.64. The molecule has 2 heterocycles. The SMILES string of the molecule is COc1ccc(Cn2cc(C=O)c3cccnc32)cc1Br. The number of benzene rings is 1. The fraction of sp³-hybridized carbons (Fsp3) is 0.125. The minimum atomic E-state index is 0.643. The number of carbonyl (C=O) groups excluding carboxylic acids is 1. The van der Waals surface area contributed by atoms with Gasteiger partial charge in [0.25, 0.3) is 0 Å². The molecule has 0 saturated heterocycles. The van der Waals surface area contributed by atoms with Gasteiger partial charge < -0.3 is 9.30 Å². The van der Waals surface area contributed by atoms with Gasteiger partial charge in [0.15, 0.2) is 6.29 Å². The topological polar surface area (TPSA) is 44.1 Å². The molecule has 0 aliphatic heterocycles. The van der Waals surface area contributed by atoms with Gasteiger partial charge in [0, 0.05) is 29.9 Å². The van der Waals surface area contributed by atoms with Crippen LogP contribution in [0.3, 0.4) is 0 Å². The van der Waals surface area contributed by atoms with E-state index in [9.17, 15) is 4.79 Å². The van der Waals surface area contributed by atoms with E-state index in [1.165, 1.54) is 0 Å². The molecule has 0 amide bonds. The second kappa shape index (κ2) is 5.69. The van der Waals surface area contributed by atoms with E-state index in [4.69, 9.17) is 4.74 Å². The number of aldehydes is 1. The van der Waals surface area contributed by atoms with Crippen molar-refractivity contribution >= 4 is 33.2 Å². The zero-order valence-electron chi connectivity index (χ0n) is 11.4. The Morgan fingerprint density at radius 1 is 1.38 bits per heavy atom. The third-order valence-electron chi connectivity index (χ3n) is 3.36. The fourth-order valence-electron chi connectivity index (χ4n) is 2.37. The Labute approximate surface area is 130 Å². The lowest BCUT2D eigenvalue weighted by Gasteiger charge is -2.08. The van der Waals surface area contributed by atoms with Crippen LogP contribution in [0.5, 0.6) is 5.75 Å². The van der Waals surface area contributed by atoms with Crippen molar-refractivity contribution in [2.45, 2.75) is 6.54 Å². The maximum absolute atomic E-state index is 11.2. The van der Waals surface area contributed by atoms with Crippen LogP contribution in [0.4, 0.5) is 0 Å². The van der Waals surface area contributed by atoms with Crippen LogP contribution in [0.2, 0.25) is 0 Å². The molecule has 0 saturated carbocycles. The largest absolute Gasteiger partial charge is 0.496 e. The molecule has 0 radical (unpaired) electrons. The van der Waals surface area contributed by atoms with Gasteiger partial charge in [-0.1, -0.05) is 6.07 Å². The van der Waals surface area contributed by atoms with Crippen LogP contribution in [-0.4, -0.2) is 22.9 Å². The van der Waals surface area contributed by atoms with E-state index in [-0.39, 0.29) is 0 Å². The molecule has 0 aliphatic rings. The molecule has 3 rings (SSSR count). The second-order valence-corrected chi connectivity index (χ2v) is 5.53. The first kappa shape index (κ1) is 13.8. The monoisotopic (exact) mass is 344 g/mol. The van der Waals surface area contributed by atoms with Gasteiger partial charge in [-0.2, -0.15) is 0 Å². The van der Waals surface area contributed by atoms with Crippen molar-refractivity contribution in [3.8, 4) is 5.75 Å². The molecule has 3 aromatic rings.